The maximum atomic E-state index is 13.3. The van der Waals surface area contributed by atoms with Crippen LogP contribution >= 0.6 is 11.3 Å². The highest BCUT2D eigenvalue weighted by Gasteiger charge is 2.27. The number of thiophene rings is 1. The minimum Gasteiger partial charge on any atom is -0.311 e. The zero-order chi connectivity index (χ0) is 23.8. The first-order valence-corrected chi connectivity index (χ1v) is 11.6. The van der Waals surface area contributed by atoms with Gasteiger partial charge in [0.25, 0.3) is 17.4 Å². The largest absolute Gasteiger partial charge is 0.311 e. The van der Waals surface area contributed by atoms with Crippen LogP contribution in [0.4, 0.5) is 10.7 Å². The number of carbonyl (C=O) groups excluding carboxylic acids is 1. The van der Waals surface area contributed by atoms with Crippen LogP contribution in [0.1, 0.15) is 46.3 Å². The summed E-state index contributed by atoms with van der Waals surface area (Å²) >= 11 is 1.45. The smallest absolute Gasteiger partial charge is 0.275 e. The van der Waals surface area contributed by atoms with Crippen molar-refractivity contribution in [3.8, 4) is 17.3 Å². The molecular weight excluding hydrogens is 454 g/mol. The number of nitro benzene ring substituents is 1. The Morgan fingerprint density at radius 3 is 3.03 bits per heavy atom. The molecule has 0 fully saturated rings. The summed E-state index contributed by atoms with van der Waals surface area (Å²) in [7, 11) is 0. The zero-order valence-corrected chi connectivity index (χ0v) is 19.0. The minimum atomic E-state index is -0.488. The average molecular weight is 474 g/mol. The Balaban J connectivity index is 1.53. The van der Waals surface area contributed by atoms with Crippen LogP contribution < -0.4 is 5.32 Å². The summed E-state index contributed by atoms with van der Waals surface area (Å²) in [5.74, 6) is 0.311. The van der Waals surface area contributed by atoms with Crippen LogP contribution in [0.25, 0.3) is 17.0 Å². The molecule has 1 aliphatic carbocycles. The van der Waals surface area contributed by atoms with Gasteiger partial charge in [0.15, 0.2) is 0 Å². The summed E-state index contributed by atoms with van der Waals surface area (Å²) in [5, 5.41) is 28.5. The Morgan fingerprint density at radius 1 is 1.41 bits per heavy atom. The van der Waals surface area contributed by atoms with Crippen molar-refractivity contribution in [1.82, 2.24) is 19.6 Å². The van der Waals surface area contributed by atoms with Crippen molar-refractivity contribution >= 4 is 33.7 Å². The third-order valence-electron chi connectivity index (χ3n) is 6.12. The van der Waals surface area contributed by atoms with Crippen molar-refractivity contribution in [2.24, 2.45) is 5.92 Å². The fraction of sp³-hybridized carbons (Fsp3) is 0.261. The number of benzene rings is 1. The average Bonchev–Trinajstić information content (AvgIpc) is 3.46. The summed E-state index contributed by atoms with van der Waals surface area (Å²) in [5.41, 5.74) is 2.46. The fourth-order valence-electron chi connectivity index (χ4n) is 4.28. The quantitative estimate of drug-likeness (QED) is 0.335. The van der Waals surface area contributed by atoms with Crippen LogP contribution in [0.15, 0.2) is 36.7 Å². The molecule has 1 amide bonds. The van der Waals surface area contributed by atoms with Gasteiger partial charge < -0.3 is 5.32 Å². The van der Waals surface area contributed by atoms with Crippen LogP contribution in [0, 0.1) is 27.4 Å². The maximum absolute atomic E-state index is 13.3. The molecule has 11 heteroatoms. The molecular formula is C23H19N7O3S. The van der Waals surface area contributed by atoms with Gasteiger partial charge in [-0.15, -0.1) is 11.3 Å². The first-order valence-electron chi connectivity index (χ1n) is 10.8. The third kappa shape index (κ3) is 3.78. The Bertz CT molecular complexity index is 1480. The highest BCUT2D eigenvalue weighted by Crippen LogP contribution is 2.40. The molecule has 10 nitrogen and oxygen atoms in total. The number of fused-ring (bicyclic) bond motifs is 2. The van der Waals surface area contributed by atoms with Crippen LogP contribution in [0.3, 0.4) is 0 Å². The van der Waals surface area contributed by atoms with Gasteiger partial charge in [0.1, 0.15) is 23.1 Å². The van der Waals surface area contributed by atoms with Gasteiger partial charge in [-0.1, -0.05) is 25.5 Å². The number of nitro groups is 1. The van der Waals surface area contributed by atoms with Crippen LogP contribution in [-0.4, -0.2) is 30.4 Å². The molecule has 170 valence electrons. The van der Waals surface area contributed by atoms with Crippen LogP contribution in [-0.2, 0) is 12.8 Å². The number of amides is 1. The Labute approximate surface area is 198 Å². The van der Waals surface area contributed by atoms with Crippen LogP contribution in [0.5, 0.6) is 0 Å². The first-order chi connectivity index (χ1) is 16.5. The Hall–Kier alpha value is -4.17. The van der Waals surface area contributed by atoms with Crippen molar-refractivity contribution in [2.75, 3.05) is 5.32 Å². The molecule has 4 aromatic rings. The normalized spacial score (nSPS) is 15.0. The summed E-state index contributed by atoms with van der Waals surface area (Å²) in [6, 6.07) is 9.79. The van der Waals surface area contributed by atoms with Crippen LogP contribution in [0.2, 0.25) is 0 Å². The second-order valence-electron chi connectivity index (χ2n) is 8.10. The molecule has 3 heterocycles. The number of rotatable bonds is 5. The van der Waals surface area contributed by atoms with E-state index in [0.29, 0.717) is 27.7 Å². The van der Waals surface area contributed by atoms with E-state index in [1.807, 2.05) is 0 Å². The lowest BCUT2D eigenvalue weighted by Crippen LogP contribution is -2.17. The highest BCUT2D eigenvalue weighted by molar-refractivity contribution is 7.16. The first kappa shape index (κ1) is 21.7. The maximum Gasteiger partial charge on any atom is 0.275 e. The van der Waals surface area contributed by atoms with E-state index in [4.69, 9.17) is 0 Å². The van der Waals surface area contributed by atoms with Gasteiger partial charge in [-0.3, -0.25) is 14.9 Å². The number of aromatic nitrogens is 4. The van der Waals surface area contributed by atoms with Gasteiger partial charge in [0, 0.05) is 22.6 Å². The number of nitrogens with zero attached hydrogens (tertiary/aromatic N) is 6. The zero-order valence-electron chi connectivity index (χ0n) is 18.2. The van der Waals surface area contributed by atoms with E-state index in [-0.39, 0.29) is 17.2 Å². The van der Waals surface area contributed by atoms with E-state index >= 15 is 0 Å². The summed E-state index contributed by atoms with van der Waals surface area (Å²) < 4.78 is 1.31. The van der Waals surface area contributed by atoms with Gasteiger partial charge in [0.2, 0.25) is 0 Å². The van der Waals surface area contributed by atoms with Gasteiger partial charge in [-0.2, -0.15) is 19.9 Å². The lowest BCUT2D eigenvalue weighted by atomic mass is 9.86. The Morgan fingerprint density at radius 2 is 2.26 bits per heavy atom. The van der Waals surface area contributed by atoms with E-state index in [9.17, 15) is 20.2 Å². The lowest BCUT2D eigenvalue weighted by Gasteiger charge is -2.20. The molecule has 5 rings (SSSR count). The molecule has 0 spiro atoms. The van der Waals surface area contributed by atoms with E-state index in [1.54, 1.807) is 12.1 Å². The predicted octanol–water partition coefficient (Wildman–Crippen LogP) is 4.40. The second kappa shape index (κ2) is 8.64. The van der Waals surface area contributed by atoms with Crippen molar-refractivity contribution in [3.63, 3.8) is 0 Å². The molecule has 1 aliphatic rings. The summed E-state index contributed by atoms with van der Waals surface area (Å²) in [6.45, 7) is 2.17. The number of nitriles is 1. The lowest BCUT2D eigenvalue weighted by molar-refractivity contribution is -0.384. The molecule has 1 aromatic carbocycles. The van der Waals surface area contributed by atoms with E-state index in [2.05, 4.69) is 33.4 Å². The minimum absolute atomic E-state index is 0.0835. The van der Waals surface area contributed by atoms with Gasteiger partial charge >= 0.3 is 0 Å². The molecule has 34 heavy (non-hydrogen) atoms. The van der Waals surface area contributed by atoms with Gasteiger partial charge in [0.05, 0.1) is 16.2 Å². The molecule has 0 saturated carbocycles. The number of nitrogens with one attached hydrogen (secondary N) is 1. The molecule has 1 N–H and O–H groups in total. The number of non-ortho nitro benzene ring substituents is 1. The number of carbonyl (C=O) groups is 1. The van der Waals surface area contributed by atoms with E-state index < -0.39 is 10.8 Å². The molecule has 0 radical (unpaired) electrons. The molecule has 3 aromatic heterocycles. The van der Waals surface area contributed by atoms with Crippen molar-refractivity contribution < 1.29 is 9.72 Å². The second-order valence-corrected chi connectivity index (χ2v) is 9.20. The topological polar surface area (TPSA) is 139 Å². The van der Waals surface area contributed by atoms with Crippen molar-refractivity contribution in [1.29, 1.82) is 5.26 Å². The number of hydrogen-bond acceptors (Lipinski definition) is 8. The number of anilines is 1. The van der Waals surface area contributed by atoms with Gasteiger partial charge in [-0.05, 0) is 36.8 Å². The molecule has 0 bridgehead atoms. The third-order valence-corrected chi connectivity index (χ3v) is 7.29. The standard InChI is InChI=1S/C23H19N7O3S/c1-2-13-6-7-16-17(11-24)22(34-20(16)8-13)28-21(31)19-10-18(27-23-25-12-26-29(19)23)14-4-3-5-15(9-14)30(32)33/h3-5,9-10,12-13H,2,6-8H2,1H3,(H,28,31)/t13-/m0/s1. The molecule has 0 saturated heterocycles. The van der Waals surface area contributed by atoms with Crippen molar-refractivity contribution in [2.45, 2.75) is 32.6 Å². The fourth-order valence-corrected chi connectivity index (χ4v) is 5.58. The van der Waals surface area contributed by atoms with E-state index in [1.165, 1.54) is 40.4 Å². The molecule has 0 aliphatic heterocycles. The Kier molecular flexibility index (Phi) is 5.51. The monoisotopic (exact) mass is 473 g/mol. The summed E-state index contributed by atoms with van der Waals surface area (Å²) in [6.07, 6.45) is 5.16. The SMILES string of the molecule is CC[C@H]1CCc2c(sc(NC(=O)c3cc(-c4cccc([N+](=O)[O-])c4)nc4ncnn34)c2C#N)C1. The van der Waals surface area contributed by atoms with Gasteiger partial charge in [-0.25, -0.2) is 4.98 Å². The highest BCUT2D eigenvalue weighted by atomic mass is 32.1. The van der Waals surface area contributed by atoms with E-state index in [0.717, 1.165) is 36.1 Å². The predicted molar refractivity (Wildman–Crippen MR) is 126 cm³/mol. The molecule has 1 atom stereocenters. The number of hydrogen-bond donors (Lipinski definition) is 1. The van der Waals surface area contributed by atoms with Crippen molar-refractivity contribution in [3.05, 3.63) is 68.5 Å². The summed E-state index contributed by atoms with van der Waals surface area (Å²) in [4.78, 5) is 33.7. The molecule has 0 unspecified atom stereocenters.